The SMILES string of the molecule is CCOc1ccc(NC(=O)/C(C#N)=C/c2c(N3CCOCC3)nc3c(C)cccn3c2=O)cc1. The quantitative estimate of drug-likeness (QED) is 0.446. The highest BCUT2D eigenvalue weighted by Crippen LogP contribution is 2.22. The van der Waals surface area contributed by atoms with E-state index in [1.807, 2.05) is 30.9 Å². The lowest BCUT2D eigenvalue weighted by Crippen LogP contribution is -2.38. The predicted molar refractivity (Wildman–Crippen MR) is 129 cm³/mol. The molecule has 174 valence electrons. The summed E-state index contributed by atoms with van der Waals surface area (Å²) in [5, 5.41) is 12.4. The van der Waals surface area contributed by atoms with Crippen LogP contribution in [0.2, 0.25) is 0 Å². The summed E-state index contributed by atoms with van der Waals surface area (Å²) in [4.78, 5) is 33.0. The molecule has 0 atom stereocenters. The molecular weight excluding hydrogens is 434 g/mol. The van der Waals surface area contributed by atoms with Crippen LogP contribution in [0.4, 0.5) is 11.5 Å². The Labute approximate surface area is 196 Å². The highest BCUT2D eigenvalue weighted by molar-refractivity contribution is 6.10. The molecule has 34 heavy (non-hydrogen) atoms. The summed E-state index contributed by atoms with van der Waals surface area (Å²) in [5.41, 5.74) is 1.52. The maximum atomic E-state index is 13.4. The molecule has 0 radical (unpaired) electrons. The van der Waals surface area contributed by atoms with Gasteiger partial charge in [0.15, 0.2) is 0 Å². The number of ether oxygens (including phenoxy) is 2. The van der Waals surface area contributed by atoms with E-state index in [4.69, 9.17) is 14.5 Å². The molecule has 1 aromatic carbocycles. The number of hydrogen-bond donors (Lipinski definition) is 1. The summed E-state index contributed by atoms with van der Waals surface area (Å²) in [6.45, 7) is 6.41. The van der Waals surface area contributed by atoms with Gasteiger partial charge >= 0.3 is 0 Å². The Morgan fingerprint density at radius 1 is 1.26 bits per heavy atom. The van der Waals surface area contributed by atoms with Gasteiger partial charge in [0, 0.05) is 25.0 Å². The molecule has 1 aliphatic rings. The van der Waals surface area contributed by atoms with E-state index >= 15 is 0 Å². The largest absolute Gasteiger partial charge is 0.494 e. The van der Waals surface area contributed by atoms with Gasteiger partial charge in [0.05, 0.1) is 25.4 Å². The van der Waals surface area contributed by atoms with Gasteiger partial charge in [-0.1, -0.05) is 6.07 Å². The minimum atomic E-state index is -0.617. The van der Waals surface area contributed by atoms with Crippen molar-refractivity contribution in [2.24, 2.45) is 0 Å². The normalized spacial score (nSPS) is 14.0. The third-order valence-corrected chi connectivity index (χ3v) is 5.45. The number of nitriles is 1. The average molecular weight is 460 g/mol. The van der Waals surface area contributed by atoms with Crippen LogP contribution >= 0.6 is 0 Å². The van der Waals surface area contributed by atoms with E-state index in [9.17, 15) is 14.9 Å². The number of anilines is 2. The van der Waals surface area contributed by atoms with Crippen molar-refractivity contribution in [3.63, 3.8) is 0 Å². The fraction of sp³-hybridized carbons (Fsp3) is 0.280. The zero-order chi connectivity index (χ0) is 24.1. The van der Waals surface area contributed by atoms with Gasteiger partial charge in [0.2, 0.25) is 0 Å². The standard InChI is InChI=1S/C25H25N5O4/c1-3-34-20-8-6-19(7-9-20)27-24(31)18(16-26)15-21-23(29-11-13-33-14-12-29)28-22-17(2)5-4-10-30(22)25(21)32/h4-10,15H,3,11-14H2,1-2H3,(H,27,31)/b18-15+. The Bertz CT molecular complexity index is 1330. The molecule has 0 aliphatic carbocycles. The highest BCUT2D eigenvalue weighted by atomic mass is 16.5. The van der Waals surface area contributed by atoms with Crippen molar-refractivity contribution < 1.29 is 14.3 Å². The summed E-state index contributed by atoms with van der Waals surface area (Å²) in [5.74, 6) is 0.495. The Kier molecular flexibility index (Phi) is 6.90. The summed E-state index contributed by atoms with van der Waals surface area (Å²) < 4.78 is 12.3. The van der Waals surface area contributed by atoms with E-state index in [1.54, 1.807) is 36.5 Å². The third-order valence-electron chi connectivity index (χ3n) is 5.45. The molecule has 1 saturated heterocycles. The molecule has 0 unspecified atom stereocenters. The number of pyridine rings is 1. The van der Waals surface area contributed by atoms with E-state index < -0.39 is 5.91 Å². The Morgan fingerprint density at radius 2 is 2.00 bits per heavy atom. The van der Waals surface area contributed by atoms with Crippen molar-refractivity contribution in [2.75, 3.05) is 43.1 Å². The van der Waals surface area contributed by atoms with Gasteiger partial charge in [-0.3, -0.25) is 14.0 Å². The molecule has 1 aliphatic heterocycles. The lowest BCUT2D eigenvalue weighted by molar-refractivity contribution is -0.112. The Balaban J connectivity index is 1.75. The molecule has 0 spiro atoms. The van der Waals surface area contributed by atoms with Crippen LogP contribution in [0.25, 0.3) is 11.7 Å². The number of benzene rings is 1. The van der Waals surface area contributed by atoms with Crippen LogP contribution < -0.4 is 20.5 Å². The van der Waals surface area contributed by atoms with Gasteiger partial charge in [0.1, 0.15) is 28.9 Å². The number of aromatic nitrogens is 2. The molecule has 3 aromatic rings. The minimum Gasteiger partial charge on any atom is -0.494 e. The van der Waals surface area contributed by atoms with Gasteiger partial charge in [-0.25, -0.2) is 4.98 Å². The number of carbonyl (C=O) groups is 1. The summed E-state index contributed by atoms with van der Waals surface area (Å²) in [7, 11) is 0. The Morgan fingerprint density at radius 3 is 2.68 bits per heavy atom. The van der Waals surface area contributed by atoms with Crippen molar-refractivity contribution in [1.29, 1.82) is 5.26 Å². The van der Waals surface area contributed by atoms with Gasteiger partial charge in [-0.15, -0.1) is 0 Å². The molecule has 9 nitrogen and oxygen atoms in total. The van der Waals surface area contributed by atoms with Gasteiger partial charge in [-0.05, 0) is 55.8 Å². The number of amides is 1. The van der Waals surface area contributed by atoms with Crippen LogP contribution in [0.15, 0.2) is 53.0 Å². The second-order valence-corrected chi connectivity index (χ2v) is 7.72. The first-order valence-electron chi connectivity index (χ1n) is 11.0. The number of aryl methyl sites for hydroxylation is 1. The van der Waals surface area contributed by atoms with Crippen LogP contribution in [0.5, 0.6) is 5.75 Å². The number of carbonyl (C=O) groups excluding carboxylic acids is 1. The molecule has 1 N–H and O–H groups in total. The van der Waals surface area contributed by atoms with E-state index in [0.717, 1.165) is 5.56 Å². The number of hydrogen-bond acceptors (Lipinski definition) is 7. The van der Waals surface area contributed by atoms with Crippen LogP contribution in [-0.2, 0) is 9.53 Å². The predicted octanol–water partition coefficient (Wildman–Crippen LogP) is 2.78. The smallest absolute Gasteiger partial charge is 0.267 e. The van der Waals surface area contributed by atoms with E-state index in [-0.39, 0.29) is 16.7 Å². The fourth-order valence-corrected chi connectivity index (χ4v) is 3.74. The van der Waals surface area contributed by atoms with Crippen LogP contribution in [0, 0.1) is 18.3 Å². The monoisotopic (exact) mass is 459 g/mol. The molecular formula is C25H25N5O4. The van der Waals surface area contributed by atoms with Crippen molar-refractivity contribution >= 4 is 29.1 Å². The lowest BCUT2D eigenvalue weighted by Gasteiger charge is -2.29. The number of fused-ring (bicyclic) bond motifs is 1. The van der Waals surface area contributed by atoms with Crippen molar-refractivity contribution in [3.8, 4) is 11.8 Å². The van der Waals surface area contributed by atoms with E-state index in [1.165, 1.54) is 10.5 Å². The molecule has 3 heterocycles. The van der Waals surface area contributed by atoms with E-state index in [0.29, 0.717) is 55.8 Å². The van der Waals surface area contributed by atoms with Gasteiger partial charge < -0.3 is 19.7 Å². The first-order valence-corrected chi connectivity index (χ1v) is 11.0. The van der Waals surface area contributed by atoms with Crippen LogP contribution in [0.3, 0.4) is 0 Å². The number of nitrogens with one attached hydrogen (secondary N) is 1. The number of nitrogens with zero attached hydrogens (tertiary/aromatic N) is 4. The molecule has 0 saturated carbocycles. The zero-order valence-corrected chi connectivity index (χ0v) is 19.1. The molecule has 1 fully saturated rings. The lowest BCUT2D eigenvalue weighted by atomic mass is 10.1. The minimum absolute atomic E-state index is 0.184. The first-order chi connectivity index (χ1) is 16.5. The molecule has 0 bridgehead atoms. The molecule has 4 rings (SSSR count). The molecule has 1 amide bonds. The van der Waals surface area contributed by atoms with Crippen LogP contribution in [-0.4, -0.2) is 48.2 Å². The van der Waals surface area contributed by atoms with Crippen molar-refractivity contribution in [1.82, 2.24) is 9.38 Å². The molecule has 9 heteroatoms. The summed E-state index contributed by atoms with van der Waals surface area (Å²) >= 11 is 0. The van der Waals surface area contributed by atoms with Gasteiger partial charge in [-0.2, -0.15) is 5.26 Å². The summed E-state index contributed by atoms with van der Waals surface area (Å²) in [6.07, 6.45) is 2.95. The average Bonchev–Trinajstić information content (AvgIpc) is 2.85. The summed E-state index contributed by atoms with van der Waals surface area (Å²) in [6, 6.07) is 12.4. The van der Waals surface area contributed by atoms with Crippen LogP contribution in [0.1, 0.15) is 18.1 Å². The maximum Gasteiger partial charge on any atom is 0.267 e. The molecule has 2 aromatic heterocycles. The third kappa shape index (κ3) is 4.77. The number of rotatable bonds is 6. The topological polar surface area (TPSA) is 109 Å². The first kappa shape index (κ1) is 23.0. The maximum absolute atomic E-state index is 13.4. The Hall–Kier alpha value is -4.16. The second kappa shape index (κ2) is 10.2. The van der Waals surface area contributed by atoms with Crippen molar-refractivity contribution in [2.45, 2.75) is 13.8 Å². The van der Waals surface area contributed by atoms with Gasteiger partial charge in [0.25, 0.3) is 11.5 Å². The highest BCUT2D eigenvalue weighted by Gasteiger charge is 2.22. The fourth-order valence-electron chi connectivity index (χ4n) is 3.74. The van der Waals surface area contributed by atoms with Crippen molar-refractivity contribution in [3.05, 3.63) is 69.6 Å². The zero-order valence-electron chi connectivity index (χ0n) is 19.1. The second-order valence-electron chi connectivity index (χ2n) is 7.72. The van der Waals surface area contributed by atoms with E-state index in [2.05, 4.69) is 5.32 Å². The number of morpholine rings is 1.